The van der Waals surface area contributed by atoms with Crippen molar-refractivity contribution in [2.24, 2.45) is 0 Å². The summed E-state index contributed by atoms with van der Waals surface area (Å²) in [6.45, 7) is -1.08. The van der Waals surface area contributed by atoms with Crippen LogP contribution in [0.5, 0.6) is 0 Å². The maximum absolute atomic E-state index is 12.8. The third-order valence-electron chi connectivity index (χ3n) is 3.47. The molecule has 0 bridgehead atoms. The molecule has 110 valence electrons. The number of hydrogen-bond acceptors (Lipinski definition) is 3. The summed E-state index contributed by atoms with van der Waals surface area (Å²) in [6.07, 6.45) is -2.36. The van der Waals surface area contributed by atoms with E-state index in [0.717, 1.165) is 5.39 Å². The lowest BCUT2D eigenvalue weighted by Crippen LogP contribution is -2.37. The minimum atomic E-state index is -4.32. The van der Waals surface area contributed by atoms with Crippen LogP contribution in [0.4, 0.5) is 19.0 Å². The minimum absolute atomic E-state index is 0.128. The van der Waals surface area contributed by atoms with Gasteiger partial charge in [0.1, 0.15) is 12.4 Å². The van der Waals surface area contributed by atoms with Gasteiger partial charge in [-0.2, -0.15) is 13.2 Å². The molecule has 1 aliphatic rings. The van der Waals surface area contributed by atoms with E-state index >= 15 is 0 Å². The molecule has 3 rings (SSSR count). The lowest BCUT2D eigenvalue weighted by molar-refractivity contribution is -0.120. The van der Waals surface area contributed by atoms with Gasteiger partial charge in [0.2, 0.25) is 0 Å². The highest BCUT2D eigenvalue weighted by Gasteiger charge is 2.39. The van der Waals surface area contributed by atoms with E-state index in [1.165, 1.54) is 4.90 Å². The first-order valence-electron chi connectivity index (χ1n) is 6.66. The van der Waals surface area contributed by atoms with Gasteiger partial charge in [0.15, 0.2) is 6.29 Å². The van der Waals surface area contributed by atoms with Crippen molar-refractivity contribution in [3.63, 3.8) is 0 Å². The molecule has 6 heteroatoms. The summed E-state index contributed by atoms with van der Waals surface area (Å²) >= 11 is 0. The molecule has 0 saturated heterocycles. The Hall–Kier alpha value is -2.11. The van der Waals surface area contributed by atoms with Crippen LogP contribution >= 0.6 is 0 Å². The second-order valence-corrected chi connectivity index (χ2v) is 5.19. The number of carbonyl (C=O) groups is 1. The van der Waals surface area contributed by atoms with Crippen LogP contribution < -0.4 is 4.90 Å². The molecule has 1 aromatic carbocycles. The Morgan fingerprint density at radius 1 is 1.29 bits per heavy atom. The van der Waals surface area contributed by atoms with Crippen LogP contribution in [0, 0.1) is 0 Å². The molecule has 0 spiro atoms. The van der Waals surface area contributed by atoms with Gasteiger partial charge in [-0.1, -0.05) is 18.2 Å². The molecule has 0 radical (unpaired) electrons. The predicted octanol–water partition coefficient (Wildman–Crippen LogP) is 3.58. The van der Waals surface area contributed by atoms with Crippen molar-refractivity contribution in [1.82, 2.24) is 4.98 Å². The quantitative estimate of drug-likeness (QED) is 0.808. The highest BCUT2D eigenvalue weighted by molar-refractivity contribution is 5.92. The van der Waals surface area contributed by atoms with Crippen molar-refractivity contribution in [2.45, 2.75) is 25.1 Å². The van der Waals surface area contributed by atoms with Gasteiger partial charge in [0.05, 0.1) is 11.1 Å². The van der Waals surface area contributed by atoms with Crippen molar-refractivity contribution in [3.8, 4) is 0 Å². The number of nitrogens with zero attached hydrogens (tertiary/aromatic N) is 2. The smallest absolute Gasteiger partial charge is 0.344 e. The molecule has 1 aliphatic carbocycles. The van der Waals surface area contributed by atoms with Crippen LogP contribution in [0.2, 0.25) is 0 Å². The summed E-state index contributed by atoms with van der Waals surface area (Å²) in [4.78, 5) is 16.7. The van der Waals surface area contributed by atoms with Crippen molar-refractivity contribution < 1.29 is 18.0 Å². The Kier molecular flexibility index (Phi) is 3.31. The van der Waals surface area contributed by atoms with Gasteiger partial charge >= 0.3 is 6.18 Å². The SMILES string of the molecule is O=Cc1cc2ccccc2nc1N(CC(F)(F)F)C1CC1. The Morgan fingerprint density at radius 2 is 2.00 bits per heavy atom. The van der Waals surface area contributed by atoms with Gasteiger partial charge in [-0.25, -0.2) is 4.98 Å². The van der Waals surface area contributed by atoms with Gasteiger partial charge in [0.25, 0.3) is 0 Å². The molecule has 0 atom stereocenters. The topological polar surface area (TPSA) is 33.2 Å². The zero-order valence-electron chi connectivity index (χ0n) is 11.1. The molecule has 2 aromatic rings. The number of alkyl halides is 3. The zero-order valence-corrected chi connectivity index (χ0v) is 11.1. The summed E-state index contributed by atoms with van der Waals surface area (Å²) in [7, 11) is 0. The Morgan fingerprint density at radius 3 is 2.62 bits per heavy atom. The first-order chi connectivity index (χ1) is 9.98. The maximum atomic E-state index is 12.8. The molecule has 1 heterocycles. The highest BCUT2D eigenvalue weighted by atomic mass is 19.4. The van der Waals surface area contributed by atoms with Crippen LogP contribution in [0.1, 0.15) is 23.2 Å². The van der Waals surface area contributed by atoms with E-state index in [4.69, 9.17) is 0 Å². The molecule has 1 fully saturated rings. The van der Waals surface area contributed by atoms with Crippen LogP contribution in [-0.2, 0) is 0 Å². The molecule has 0 amide bonds. The molecular weight excluding hydrogens is 281 g/mol. The van der Waals surface area contributed by atoms with Crippen LogP contribution in [0.25, 0.3) is 10.9 Å². The molecule has 0 unspecified atom stereocenters. The standard InChI is InChI=1S/C15H13F3N2O/c16-15(17,18)9-20(12-5-6-12)14-11(8-21)7-10-3-1-2-4-13(10)19-14/h1-4,7-8,12H,5-6,9H2. The van der Waals surface area contributed by atoms with E-state index < -0.39 is 12.7 Å². The normalized spacial score (nSPS) is 15.2. The zero-order chi connectivity index (χ0) is 15.0. The number of anilines is 1. The molecular formula is C15H13F3N2O. The fraction of sp³-hybridized carbons (Fsp3) is 0.333. The second kappa shape index (κ2) is 5.02. The van der Waals surface area contributed by atoms with Gasteiger partial charge in [-0.3, -0.25) is 4.79 Å². The Balaban J connectivity index is 2.09. The van der Waals surface area contributed by atoms with Crippen LogP contribution in [0.3, 0.4) is 0 Å². The number of halogens is 3. The number of pyridine rings is 1. The predicted molar refractivity (Wildman–Crippen MR) is 73.6 cm³/mol. The minimum Gasteiger partial charge on any atom is -0.344 e. The molecule has 1 saturated carbocycles. The highest BCUT2D eigenvalue weighted by Crippen LogP contribution is 2.35. The number of aldehydes is 1. The number of para-hydroxylation sites is 1. The van der Waals surface area contributed by atoms with E-state index in [1.54, 1.807) is 30.3 Å². The lowest BCUT2D eigenvalue weighted by Gasteiger charge is -2.26. The Bertz CT molecular complexity index is 680. The fourth-order valence-electron chi connectivity index (χ4n) is 2.40. The lowest BCUT2D eigenvalue weighted by atomic mass is 10.1. The van der Waals surface area contributed by atoms with E-state index in [9.17, 15) is 18.0 Å². The summed E-state index contributed by atoms with van der Waals surface area (Å²) in [6, 6.07) is 8.49. The average Bonchev–Trinajstić information content (AvgIpc) is 3.27. The number of carbonyl (C=O) groups excluding carboxylic acids is 1. The van der Waals surface area contributed by atoms with E-state index in [2.05, 4.69) is 4.98 Å². The molecule has 0 aliphatic heterocycles. The number of aromatic nitrogens is 1. The summed E-state index contributed by atoms with van der Waals surface area (Å²) in [5.74, 6) is 0.128. The summed E-state index contributed by atoms with van der Waals surface area (Å²) in [5.41, 5.74) is 0.788. The summed E-state index contributed by atoms with van der Waals surface area (Å²) in [5, 5.41) is 0.742. The Labute approximate surface area is 119 Å². The van der Waals surface area contributed by atoms with Gasteiger partial charge in [0, 0.05) is 11.4 Å². The van der Waals surface area contributed by atoms with Gasteiger partial charge < -0.3 is 4.90 Å². The number of hydrogen-bond donors (Lipinski definition) is 0. The second-order valence-electron chi connectivity index (χ2n) is 5.19. The number of benzene rings is 1. The van der Waals surface area contributed by atoms with Crippen LogP contribution in [-0.4, -0.2) is 30.0 Å². The van der Waals surface area contributed by atoms with Crippen molar-refractivity contribution in [1.29, 1.82) is 0 Å². The number of rotatable bonds is 4. The van der Waals surface area contributed by atoms with E-state index in [-0.39, 0.29) is 17.4 Å². The maximum Gasteiger partial charge on any atom is 0.405 e. The molecule has 0 N–H and O–H groups in total. The monoisotopic (exact) mass is 294 g/mol. The molecule has 1 aromatic heterocycles. The molecule has 21 heavy (non-hydrogen) atoms. The largest absolute Gasteiger partial charge is 0.405 e. The third kappa shape index (κ3) is 2.99. The van der Waals surface area contributed by atoms with Gasteiger partial charge in [-0.05, 0) is 25.0 Å². The average molecular weight is 294 g/mol. The summed E-state index contributed by atoms with van der Waals surface area (Å²) < 4.78 is 38.3. The third-order valence-corrected chi connectivity index (χ3v) is 3.47. The van der Waals surface area contributed by atoms with E-state index in [1.807, 2.05) is 0 Å². The van der Waals surface area contributed by atoms with E-state index in [0.29, 0.717) is 24.6 Å². The number of fused-ring (bicyclic) bond motifs is 1. The van der Waals surface area contributed by atoms with Crippen LogP contribution in [0.15, 0.2) is 30.3 Å². The first kappa shape index (κ1) is 13.9. The molecule has 3 nitrogen and oxygen atoms in total. The van der Waals surface area contributed by atoms with Crippen molar-refractivity contribution in [3.05, 3.63) is 35.9 Å². The van der Waals surface area contributed by atoms with Crippen molar-refractivity contribution >= 4 is 23.0 Å². The van der Waals surface area contributed by atoms with Gasteiger partial charge in [-0.15, -0.1) is 0 Å². The fourth-order valence-corrected chi connectivity index (χ4v) is 2.40. The van der Waals surface area contributed by atoms with Crippen molar-refractivity contribution in [2.75, 3.05) is 11.4 Å². The first-order valence-corrected chi connectivity index (χ1v) is 6.66.